The van der Waals surface area contributed by atoms with Crippen LogP contribution < -0.4 is 5.32 Å². The quantitative estimate of drug-likeness (QED) is 0.185. The number of carbonyl (C=O) groups excluding carboxylic acids is 3. The lowest BCUT2D eigenvalue weighted by Crippen LogP contribution is -2.52. The van der Waals surface area contributed by atoms with Crippen LogP contribution >= 0.6 is 0 Å². The summed E-state index contributed by atoms with van der Waals surface area (Å²) >= 11 is 0. The number of hydrogen-bond acceptors (Lipinski definition) is 4. The minimum atomic E-state index is -1.19. The molecule has 1 saturated heterocycles. The van der Waals surface area contributed by atoms with Gasteiger partial charge in [0.1, 0.15) is 11.6 Å². The molecule has 4 rings (SSSR count). The van der Waals surface area contributed by atoms with Gasteiger partial charge in [0.25, 0.3) is 5.91 Å². The molecule has 8 nitrogen and oxygen atoms in total. The topological polar surface area (TPSA) is 107 Å². The molecule has 0 aliphatic carbocycles. The van der Waals surface area contributed by atoms with Crippen LogP contribution in [0.5, 0.6) is 0 Å². The average molecular weight is 596 g/mol. The summed E-state index contributed by atoms with van der Waals surface area (Å²) in [6, 6.07) is 22.6. The lowest BCUT2D eigenvalue weighted by Gasteiger charge is -2.29. The largest absolute Gasteiger partial charge is 0.481 e. The Bertz CT molecular complexity index is 1530. The molecule has 4 amide bonds. The van der Waals surface area contributed by atoms with Gasteiger partial charge in [-0.2, -0.15) is 0 Å². The molecule has 1 aliphatic heterocycles. The second-order valence-corrected chi connectivity index (χ2v) is 12.3. The van der Waals surface area contributed by atoms with E-state index < -0.39 is 41.4 Å². The molecular formula is C36H41N3O5. The van der Waals surface area contributed by atoms with Crippen molar-refractivity contribution in [2.24, 2.45) is 5.92 Å². The van der Waals surface area contributed by atoms with Crippen molar-refractivity contribution in [2.75, 3.05) is 0 Å². The van der Waals surface area contributed by atoms with Gasteiger partial charge in [0.2, 0.25) is 5.91 Å². The summed E-state index contributed by atoms with van der Waals surface area (Å²) in [5.41, 5.74) is 3.33. The molecule has 0 bridgehead atoms. The second kappa shape index (κ2) is 13.7. The van der Waals surface area contributed by atoms with E-state index in [0.717, 1.165) is 27.2 Å². The zero-order chi connectivity index (χ0) is 32.0. The van der Waals surface area contributed by atoms with Crippen LogP contribution in [0.25, 0.3) is 12.2 Å². The van der Waals surface area contributed by atoms with E-state index in [9.17, 15) is 24.3 Å². The summed E-state index contributed by atoms with van der Waals surface area (Å²) in [6.07, 6.45) is 3.94. The number of imide groups is 1. The maximum absolute atomic E-state index is 13.9. The first-order valence-electron chi connectivity index (χ1n) is 14.9. The van der Waals surface area contributed by atoms with Gasteiger partial charge in [-0.3, -0.25) is 14.4 Å². The first-order valence-corrected chi connectivity index (χ1v) is 14.9. The third kappa shape index (κ3) is 7.61. The molecule has 1 unspecified atom stereocenters. The van der Waals surface area contributed by atoms with E-state index in [-0.39, 0.29) is 25.3 Å². The molecule has 0 spiro atoms. The summed E-state index contributed by atoms with van der Waals surface area (Å²) in [7, 11) is 0. The number of carbonyl (C=O) groups is 4. The highest BCUT2D eigenvalue weighted by atomic mass is 16.4. The van der Waals surface area contributed by atoms with Crippen LogP contribution in [0.3, 0.4) is 0 Å². The lowest BCUT2D eigenvalue weighted by molar-refractivity contribution is -0.140. The van der Waals surface area contributed by atoms with E-state index in [1.54, 1.807) is 26.0 Å². The number of carboxylic acids is 1. The Labute approximate surface area is 259 Å². The van der Waals surface area contributed by atoms with E-state index in [4.69, 9.17) is 0 Å². The highest BCUT2D eigenvalue weighted by molar-refractivity contribution is 6.09. The first kappa shape index (κ1) is 32.2. The molecule has 1 heterocycles. The molecular weight excluding hydrogens is 554 g/mol. The van der Waals surface area contributed by atoms with E-state index >= 15 is 0 Å². The predicted molar refractivity (Wildman–Crippen MR) is 171 cm³/mol. The predicted octanol–water partition coefficient (Wildman–Crippen LogP) is 6.46. The molecule has 8 heteroatoms. The van der Waals surface area contributed by atoms with E-state index in [1.165, 1.54) is 4.90 Å². The fraction of sp³-hybridized carbons (Fsp3) is 0.333. The zero-order valence-electron chi connectivity index (χ0n) is 26.0. The Balaban J connectivity index is 1.55. The van der Waals surface area contributed by atoms with Gasteiger partial charge in [-0.25, -0.2) is 9.69 Å². The standard InChI is InChI=1S/C36H41N3O5/c1-24(2)20-31(33(42)37-30(22-32(40)41)29-13-9-10-25(3)21-29)39-34(43)36(4,5)38(35(39)44)23-28-18-16-27(17-19-28)15-14-26-11-7-6-8-12-26/h6-19,21,24,30-31H,20,22-23H2,1-5H3,(H,37,42)(H,40,41)/b15-14+/t30?,31-/m1/s1. The third-order valence-corrected chi connectivity index (χ3v) is 7.89. The minimum absolute atomic E-state index is 0.0168. The van der Waals surface area contributed by atoms with Gasteiger partial charge in [-0.05, 0) is 55.4 Å². The fourth-order valence-corrected chi connectivity index (χ4v) is 5.44. The molecule has 0 radical (unpaired) electrons. The van der Waals surface area contributed by atoms with Gasteiger partial charge < -0.3 is 15.3 Å². The number of urea groups is 1. The number of rotatable bonds is 12. The second-order valence-electron chi connectivity index (χ2n) is 12.3. The Morgan fingerprint density at radius 1 is 0.909 bits per heavy atom. The number of nitrogens with zero attached hydrogens (tertiary/aromatic N) is 2. The van der Waals surface area contributed by atoms with Crippen molar-refractivity contribution < 1.29 is 24.3 Å². The van der Waals surface area contributed by atoms with Gasteiger partial charge in [0, 0.05) is 6.54 Å². The number of aryl methyl sites for hydroxylation is 1. The normalized spacial score (nSPS) is 16.0. The molecule has 0 saturated carbocycles. The molecule has 0 aromatic heterocycles. The van der Waals surface area contributed by atoms with Crippen molar-refractivity contribution in [2.45, 2.75) is 71.6 Å². The van der Waals surface area contributed by atoms with Gasteiger partial charge in [-0.1, -0.05) is 110 Å². The Morgan fingerprint density at radius 3 is 2.14 bits per heavy atom. The van der Waals surface area contributed by atoms with Crippen LogP contribution in [0.4, 0.5) is 4.79 Å². The molecule has 1 aliphatic rings. The highest BCUT2D eigenvalue weighted by Crippen LogP contribution is 2.33. The average Bonchev–Trinajstić information content (AvgIpc) is 3.14. The number of nitrogens with one attached hydrogen (secondary N) is 1. The molecule has 3 aromatic rings. The molecule has 3 aromatic carbocycles. The Kier molecular flexibility index (Phi) is 10.0. The van der Waals surface area contributed by atoms with Crippen LogP contribution in [0.1, 0.15) is 74.4 Å². The number of carboxylic acid groups (broad SMARTS) is 1. The van der Waals surface area contributed by atoms with Crippen LogP contribution in [0.15, 0.2) is 78.9 Å². The maximum Gasteiger partial charge on any atom is 0.328 e. The zero-order valence-corrected chi connectivity index (χ0v) is 26.0. The minimum Gasteiger partial charge on any atom is -0.481 e. The van der Waals surface area contributed by atoms with Crippen LogP contribution in [-0.2, 0) is 20.9 Å². The maximum atomic E-state index is 13.9. The summed E-state index contributed by atoms with van der Waals surface area (Å²) in [5.74, 6) is -2.10. The highest BCUT2D eigenvalue weighted by Gasteiger charge is 2.54. The SMILES string of the molecule is Cc1cccc(C(CC(=O)O)NC(=O)[C@@H](CC(C)C)N2C(=O)N(Cc3ccc(/C=C/c4ccccc4)cc3)C(C)(C)C2=O)c1. The molecule has 44 heavy (non-hydrogen) atoms. The molecule has 2 atom stereocenters. The number of aliphatic carboxylic acids is 1. The first-order chi connectivity index (χ1) is 20.9. The van der Waals surface area contributed by atoms with Crippen molar-refractivity contribution in [3.05, 3.63) is 107 Å². The van der Waals surface area contributed by atoms with Crippen LogP contribution in [-0.4, -0.2) is 50.3 Å². The number of hydrogen-bond donors (Lipinski definition) is 2. The fourth-order valence-electron chi connectivity index (χ4n) is 5.44. The Hall–Kier alpha value is -4.72. The van der Waals surface area contributed by atoms with Crippen molar-refractivity contribution >= 4 is 36.0 Å². The molecule has 2 N–H and O–H groups in total. The van der Waals surface area contributed by atoms with Crippen molar-refractivity contribution in [1.29, 1.82) is 0 Å². The van der Waals surface area contributed by atoms with E-state index in [1.807, 2.05) is 99.7 Å². The van der Waals surface area contributed by atoms with Crippen molar-refractivity contribution in [3.8, 4) is 0 Å². The van der Waals surface area contributed by atoms with Crippen molar-refractivity contribution in [1.82, 2.24) is 15.1 Å². The smallest absolute Gasteiger partial charge is 0.328 e. The Morgan fingerprint density at radius 2 is 1.55 bits per heavy atom. The summed E-state index contributed by atoms with van der Waals surface area (Å²) < 4.78 is 0. The third-order valence-electron chi connectivity index (χ3n) is 7.89. The van der Waals surface area contributed by atoms with Gasteiger partial charge in [0.15, 0.2) is 0 Å². The number of benzene rings is 3. The lowest BCUT2D eigenvalue weighted by atomic mass is 9.97. The van der Waals surface area contributed by atoms with Crippen molar-refractivity contribution in [3.63, 3.8) is 0 Å². The van der Waals surface area contributed by atoms with E-state index in [0.29, 0.717) is 5.56 Å². The van der Waals surface area contributed by atoms with Gasteiger partial charge in [-0.15, -0.1) is 0 Å². The van der Waals surface area contributed by atoms with Crippen LogP contribution in [0, 0.1) is 12.8 Å². The summed E-state index contributed by atoms with van der Waals surface area (Å²) in [6.45, 7) is 9.28. The summed E-state index contributed by atoms with van der Waals surface area (Å²) in [5, 5.41) is 12.4. The summed E-state index contributed by atoms with van der Waals surface area (Å²) in [4.78, 5) is 55.8. The van der Waals surface area contributed by atoms with Gasteiger partial charge >= 0.3 is 12.0 Å². The number of amides is 4. The van der Waals surface area contributed by atoms with Gasteiger partial charge in [0.05, 0.1) is 12.5 Å². The molecule has 1 fully saturated rings. The molecule has 230 valence electrons. The van der Waals surface area contributed by atoms with Crippen LogP contribution in [0.2, 0.25) is 0 Å². The monoisotopic (exact) mass is 595 g/mol. The van der Waals surface area contributed by atoms with E-state index in [2.05, 4.69) is 5.32 Å².